The highest BCUT2D eigenvalue weighted by molar-refractivity contribution is 6.10. The average molecular weight is 646 g/mol. The summed E-state index contributed by atoms with van der Waals surface area (Å²) in [5.74, 6) is 1.52. The predicted octanol–water partition coefficient (Wildman–Crippen LogP) is 13.5. The zero-order valence-electron chi connectivity index (χ0n) is 26.8. The minimum absolute atomic E-state index is 0.243. The highest BCUT2D eigenvalue weighted by atomic mass is 19.1. The summed E-state index contributed by atoms with van der Waals surface area (Å²) in [4.78, 5) is 2.24. The van der Waals surface area contributed by atoms with Crippen LogP contribution in [0.3, 0.4) is 0 Å². The summed E-state index contributed by atoms with van der Waals surface area (Å²) in [6.07, 6.45) is 0. The van der Waals surface area contributed by atoms with Crippen molar-refractivity contribution in [3.8, 4) is 44.9 Å². The number of anilines is 3. The third kappa shape index (κ3) is 4.57. The molecule has 0 fully saturated rings. The number of benzene rings is 8. The Bertz CT molecular complexity index is 2730. The minimum atomic E-state index is -0.243. The van der Waals surface area contributed by atoms with E-state index in [1.807, 2.05) is 48.5 Å². The molecular weight excluding hydrogens is 618 g/mol. The zero-order valence-corrected chi connectivity index (χ0v) is 26.8. The lowest BCUT2D eigenvalue weighted by molar-refractivity contribution is 0.487. The predicted molar refractivity (Wildman–Crippen MR) is 202 cm³/mol. The van der Waals surface area contributed by atoms with Crippen LogP contribution in [0, 0.1) is 5.82 Å². The van der Waals surface area contributed by atoms with Gasteiger partial charge in [0.15, 0.2) is 0 Å². The van der Waals surface area contributed by atoms with E-state index in [1.54, 1.807) is 0 Å². The fourth-order valence-corrected chi connectivity index (χ4v) is 7.37. The van der Waals surface area contributed by atoms with Gasteiger partial charge in [0.1, 0.15) is 28.5 Å². The van der Waals surface area contributed by atoms with Gasteiger partial charge in [-0.15, -0.1) is 0 Å². The molecule has 50 heavy (non-hydrogen) atoms. The van der Waals surface area contributed by atoms with Gasteiger partial charge in [-0.25, -0.2) is 4.39 Å². The maximum absolute atomic E-state index is 13.6. The van der Waals surface area contributed by atoms with Crippen LogP contribution in [0.15, 0.2) is 174 Å². The molecule has 8 aromatic carbocycles. The number of hydrogen-bond donors (Lipinski definition) is 0. The number of para-hydroxylation sites is 2. The molecule has 3 nitrogen and oxygen atoms in total. The van der Waals surface area contributed by atoms with Gasteiger partial charge in [-0.1, -0.05) is 97.1 Å². The molecule has 2 heterocycles. The Morgan fingerprint density at radius 2 is 1.00 bits per heavy atom. The van der Waals surface area contributed by atoms with Gasteiger partial charge < -0.3 is 14.1 Å². The standard InChI is InChI=1S/C46H28FNO2/c47-32-18-12-29(13-19-32)30-14-20-33(21-15-30)48(35-24-25-39-37-6-1-3-9-42(37)50-45(39)28-35)34-22-16-31(17-23-34)36-26-27-41-38-7-2-4-10-43(38)49-44-11-5-8-40(36)46(41)44/h1-28H. The summed E-state index contributed by atoms with van der Waals surface area (Å²) in [5.41, 5.74) is 11.3. The third-order valence-electron chi connectivity index (χ3n) is 9.76. The van der Waals surface area contributed by atoms with Crippen LogP contribution in [-0.4, -0.2) is 0 Å². The van der Waals surface area contributed by atoms with E-state index in [2.05, 4.69) is 114 Å². The maximum atomic E-state index is 13.6. The summed E-state index contributed by atoms with van der Waals surface area (Å²) in [7, 11) is 0. The highest BCUT2D eigenvalue weighted by Gasteiger charge is 2.22. The van der Waals surface area contributed by atoms with E-state index < -0.39 is 0 Å². The first-order valence-corrected chi connectivity index (χ1v) is 16.7. The van der Waals surface area contributed by atoms with Gasteiger partial charge in [0, 0.05) is 44.9 Å². The van der Waals surface area contributed by atoms with Crippen molar-refractivity contribution < 1.29 is 13.5 Å². The van der Waals surface area contributed by atoms with Crippen LogP contribution in [0.5, 0.6) is 11.5 Å². The first kappa shape index (κ1) is 28.4. The van der Waals surface area contributed by atoms with Crippen molar-refractivity contribution in [3.63, 3.8) is 0 Å². The van der Waals surface area contributed by atoms with Crippen LogP contribution in [0.1, 0.15) is 0 Å². The number of fused-ring (bicyclic) bond motifs is 5. The molecule has 0 spiro atoms. The molecule has 0 bridgehead atoms. The van der Waals surface area contributed by atoms with Crippen molar-refractivity contribution in [3.05, 3.63) is 176 Å². The Kier molecular flexibility index (Phi) is 6.36. The third-order valence-corrected chi connectivity index (χ3v) is 9.76. The van der Waals surface area contributed by atoms with Gasteiger partial charge in [0.05, 0.1) is 0 Å². The first-order chi connectivity index (χ1) is 24.7. The lowest BCUT2D eigenvalue weighted by atomic mass is 9.90. The molecule has 0 aliphatic carbocycles. The second-order valence-corrected chi connectivity index (χ2v) is 12.7. The Balaban J connectivity index is 1.08. The second kappa shape index (κ2) is 11.2. The zero-order chi connectivity index (χ0) is 33.2. The van der Waals surface area contributed by atoms with Gasteiger partial charge in [0.25, 0.3) is 0 Å². The van der Waals surface area contributed by atoms with Crippen molar-refractivity contribution in [2.75, 3.05) is 4.90 Å². The van der Waals surface area contributed by atoms with Crippen LogP contribution in [0.4, 0.5) is 21.5 Å². The molecule has 1 aromatic heterocycles. The number of nitrogens with zero attached hydrogens (tertiary/aromatic N) is 1. The van der Waals surface area contributed by atoms with E-state index in [0.29, 0.717) is 0 Å². The van der Waals surface area contributed by atoms with Crippen LogP contribution < -0.4 is 9.64 Å². The SMILES string of the molecule is Fc1ccc(-c2ccc(N(c3ccc(-c4ccc5c6c(cccc46)Oc4ccccc4-5)cc3)c3ccc4c(c3)oc3ccccc34)cc2)cc1. The summed E-state index contributed by atoms with van der Waals surface area (Å²) in [6, 6.07) is 57.2. The van der Waals surface area contributed by atoms with Crippen molar-refractivity contribution in [1.82, 2.24) is 0 Å². The maximum Gasteiger partial charge on any atom is 0.137 e. The van der Waals surface area contributed by atoms with Crippen molar-refractivity contribution in [2.45, 2.75) is 0 Å². The van der Waals surface area contributed by atoms with Crippen molar-refractivity contribution in [2.24, 2.45) is 0 Å². The van der Waals surface area contributed by atoms with Crippen molar-refractivity contribution in [1.29, 1.82) is 0 Å². The number of furan rings is 1. The van der Waals surface area contributed by atoms with Gasteiger partial charge in [-0.3, -0.25) is 0 Å². The molecule has 0 saturated heterocycles. The lowest BCUT2D eigenvalue weighted by Gasteiger charge is -2.26. The quantitative estimate of drug-likeness (QED) is 0.186. The normalized spacial score (nSPS) is 11.9. The number of rotatable bonds is 5. The molecule has 4 heteroatoms. The Hall–Kier alpha value is -6.65. The first-order valence-electron chi connectivity index (χ1n) is 16.7. The van der Waals surface area contributed by atoms with Gasteiger partial charge in [0.2, 0.25) is 0 Å². The average Bonchev–Trinajstić information content (AvgIpc) is 3.54. The fourth-order valence-electron chi connectivity index (χ4n) is 7.37. The second-order valence-electron chi connectivity index (χ2n) is 12.7. The highest BCUT2D eigenvalue weighted by Crippen LogP contribution is 2.49. The van der Waals surface area contributed by atoms with Crippen molar-refractivity contribution >= 4 is 49.8 Å². The van der Waals surface area contributed by atoms with Crippen LogP contribution in [0.2, 0.25) is 0 Å². The van der Waals surface area contributed by atoms with Gasteiger partial charge in [-0.05, 0) is 99.9 Å². The summed E-state index contributed by atoms with van der Waals surface area (Å²) in [6.45, 7) is 0. The monoisotopic (exact) mass is 645 g/mol. The van der Waals surface area contributed by atoms with E-state index in [9.17, 15) is 4.39 Å². The molecule has 236 valence electrons. The van der Waals surface area contributed by atoms with Crippen LogP contribution in [0.25, 0.3) is 66.1 Å². The molecule has 0 amide bonds. The Labute approximate surface area is 288 Å². The van der Waals surface area contributed by atoms with Crippen LogP contribution in [-0.2, 0) is 0 Å². The van der Waals surface area contributed by atoms with E-state index in [4.69, 9.17) is 9.15 Å². The summed E-state index contributed by atoms with van der Waals surface area (Å²) in [5, 5.41) is 4.48. The van der Waals surface area contributed by atoms with E-state index in [0.717, 1.165) is 89.1 Å². The number of halogens is 1. The molecule has 1 aliphatic heterocycles. The Morgan fingerprint density at radius 3 is 1.80 bits per heavy atom. The number of hydrogen-bond acceptors (Lipinski definition) is 3. The lowest BCUT2D eigenvalue weighted by Crippen LogP contribution is -2.09. The summed E-state index contributed by atoms with van der Waals surface area (Å²) < 4.78 is 26.3. The molecule has 0 saturated carbocycles. The molecular formula is C46H28FNO2. The van der Waals surface area contributed by atoms with E-state index >= 15 is 0 Å². The van der Waals surface area contributed by atoms with E-state index in [-0.39, 0.29) is 5.82 Å². The molecule has 0 radical (unpaired) electrons. The smallest absolute Gasteiger partial charge is 0.137 e. The largest absolute Gasteiger partial charge is 0.456 e. The van der Waals surface area contributed by atoms with Crippen LogP contribution >= 0.6 is 0 Å². The van der Waals surface area contributed by atoms with Gasteiger partial charge >= 0.3 is 0 Å². The minimum Gasteiger partial charge on any atom is -0.456 e. The molecule has 0 N–H and O–H groups in total. The fraction of sp³-hybridized carbons (Fsp3) is 0. The number of ether oxygens (including phenoxy) is 1. The Morgan fingerprint density at radius 1 is 0.400 bits per heavy atom. The molecule has 9 aromatic rings. The topological polar surface area (TPSA) is 25.6 Å². The van der Waals surface area contributed by atoms with E-state index in [1.165, 1.54) is 17.7 Å². The molecule has 0 atom stereocenters. The van der Waals surface area contributed by atoms with Gasteiger partial charge in [-0.2, -0.15) is 0 Å². The molecule has 1 aliphatic rings. The summed E-state index contributed by atoms with van der Waals surface area (Å²) >= 11 is 0. The molecule has 10 rings (SSSR count). The molecule has 0 unspecified atom stereocenters.